The van der Waals surface area contributed by atoms with E-state index in [9.17, 15) is 5.11 Å². The Kier molecular flexibility index (Phi) is 1.54. The van der Waals surface area contributed by atoms with Crippen molar-refractivity contribution >= 4 is 9.39 Å². The SMILES string of the molecule is NCC1(O)CN(P)C1. The monoisotopic (exact) mass is 134 g/mol. The third kappa shape index (κ3) is 1.00. The summed E-state index contributed by atoms with van der Waals surface area (Å²) < 4.78 is 1.95. The first-order valence-electron chi connectivity index (χ1n) is 2.58. The van der Waals surface area contributed by atoms with Gasteiger partial charge in [-0.15, -0.1) is 0 Å². The lowest BCUT2D eigenvalue weighted by molar-refractivity contribution is -0.0466. The molecule has 0 aromatic heterocycles. The maximum absolute atomic E-state index is 9.21. The van der Waals surface area contributed by atoms with Crippen LogP contribution in [0.15, 0.2) is 0 Å². The van der Waals surface area contributed by atoms with Crippen LogP contribution in [0.25, 0.3) is 0 Å². The van der Waals surface area contributed by atoms with Gasteiger partial charge in [-0.3, -0.25) is 4.67 Å². The first-order valence-corrected chi connectivity index (χ1v) is 3.10. The van der Waals surface area contributed by atoms with E-state index in [1.165, 1.54) is 0 Å². The van der Waals surface area contributed by atoms with E-state index in [0.717, 1.165) is 0 Å². The van der Waals surface area contributed by atoms with Crippen LogP contribution in [0.3, 0.4) is 0 Å². The normalized spacial score (nSPS) is 27.4. The van der Waals surface area contributed by atoms with Crippen molar-refractivity contribution in [3.05, 3.63) is 0 Å². The van der Waals surface area contributed by atoms with Crippen molar-refractivity contribution in [2.75, 3.05) is 19.6 Å². The van der Waals surface area contributed by atoms with Gasteiger partial charge in [0.2, 0.25) is 0 Å². The summed E-state index contributed by atoms with van der Waals surface area (Å²) in [5.74, 6) is 0. The lowest BCUT2D eigenvalue weighted by atomic mass is 9.98. The molecule has 0 amide bonds. The van der Waals surface area contributed by atoms with Gasteiger partial charge in [0.05, 0.1) is 0 Å². The number of nitrogens with two attached hydrogens (primary N) is 1. The van der Waals surface area contributed by atoms with Crippen LogP contribution in [0.5, 0.6) is 0 Å². The van der Waals surface area contributed by atoms with Crippen molar-refractivity contribution in [2.24, 2.45) is 5.73 Å². The van der Waals surface area contributed by atoms with Gasteiger partial charge in [-0.05, 0) is 0 Å². The van der Waals surface area contributed by atoms with Gasteiger partial charge < -0.3 is 10.8 Å². The summed E-state index contributed by atoms with van der Waals surface area (Å²) in [6, 6.07) is 0. The van der Waals surface area contributed by atoms with Crippen molar-refractivity contribution in [2.45, 2.75) is 5.60 Å². The molecule has 8 heavy (non-hydrogen) atoms. The molecular weight excluding hydrogens is 123 g/mol. The van der Waals surface area contributed by atoms with Crippen LogP contribution in [-0.4, -0.2) is 35.0 Å². The predicted octanol–water partition coefficient (Wildman–Crippen LogP) is -1.22. The number of aliphatic hydroxyl groups is 1. The number of β-amino-alcohol motifs (C(OH)–C–C–N with tert-alkyl or cyclic N) is 1. The highest BCUT2D eigenvalue weighted by atomic mass is 31.0. The molecule has 1 atom stereocenters. The average molecular weight is 134 g/mol. The second-order valence-corrected chi connectivity index (χ2v) is 3.06. The fourth-order valence-corrected chi connectivity index (χ4v) is 1.52. The molecule has 3 N–H and O–H groups in total. The standard InChI is InChI=1S/C4H11N2OP/c5-1-4(7)2-6(8)3-4/h7H,1-3,5,8H2. The van der Waals surface area contributed by atoms with Crippen molar-refractivity contribution in [3.63, 3.8) is 0 Å². The third-order valence-electron chi connectivity index (χ3n) is 1.37. The Morgan fingerprint density at radius 2 is 2.25 bits per heavy atom. The zero-order chi connectivity index (χ0) is 6.20. The Morgan fingerprint density at radius 3 is 2.38 bits per heavy atom. The molecule has 0 aliphatic carbocycles. The lowest BCUT2D eigenvalue weighted by Crippen LogP contribution is -2.61. The molecule has 0 saturated carbocycles. The van der Waals surface area contributed by atoms with Gasteiger partial charge in [-0.2, -0.15) is 0 Å². The number of nitrogens with zero attached hydrogens (tertiary/aromatic N) is 1. The zero-order valence-corrected chi connectivity index (χ0v) is 5.83. The first-order chi connectivity index (χ1) is 3.66. The molecule has 0 spiro atoms. The van der Waals surface area contributed by atoms with Gasteiger partial charge in [-0.1, -0.05) is 9.39 Å². The van der Waals surface area contributed by atoms with Crippen LogP contribution in [0.2, 0.25) is 0 Å². The number of hydrogen-bond acceptors (Lipinski definition) is 3. The summed E-state index contributed by atoms with van der Waals surface area (Å²) in [5, 5.41) is 9.21. The summed E-state index contributed by atoms with van der Waals surface area (Å²) in [4.78, 5) is 0. The van der Waals surface area contributed by atoms with Crippen molar-refractivity contribution in [1.29, 1.82) is 0 Å². The van der Waals surface area contributed by atoms with Gasteiger partial charge in [0.25, 0.3) is 0 Å². The van der Waals surface area contributed by atoms with E-state index in [2.05, 4.69) is 9.39 Å². The van der Waals surface area contributed by atoms with E-state index in [1.807, 2.05) is 4.67 Å². The topological polar surface area (TPSA) is 49.5 Å². The highest BCUT2D eigenvalue weighted by Gasteiger charge is 2.37. The van der Waals surface area contributed by atoms with Crippen LogP contribution in [0, 0.1) is 0 Å². The first kappa shape index (κ1) is 6.43. The highest BCUT2D eigenvalue weighted by Crippen LogP contribution is 2.21. The maximum Gasteiger partial charge on any atom is 0.103 e. The number of rotatable bonds is 1. The summed E-state index contributed by atoms with van der Waals surface area (Å²) in [6.07, 6.45) is 0. The van der Waals surface area contributed by atoms with Crippen molar-refractivity contribution in [1.82, 2.24) is 4.67 Å². The summed E-state index contributed by atoms with van der Waals surface area (Å²) in [7, 11) is 2.51. The zero-order valence-electron chi connectivity index (χ0n) is 4.67. The molecule has 48 valence electrons. The Labute approximate surface area is 51.1 Å². The van der Waals surface area contributed by atoms with Crippen LogP contribution in [0.4, 0.5) is 0 Å². The van der Waals surface area contributed by atoms with E-state index in [-0.39, 0.29) is 0 Å². The fraction of sp³-hybridized carbons (Fsp3) is 1.00. The van der Waals surface area contributed by atoms with Gasteiger partial charge in [-0.25, -0.2) is 0 Å². The second-order valence-electron chi connectivity index (χ2n) is 2.33. The Morgan fingerprint density at radius 1 is 1.75 bits per heavy atom. The number of hydrogen-bond donors (Lipinski definition) is 2. The molecule has 3 nitrogen and oxygen atoms in total. The molecule has 1 rings (SSSR count). The van der Waals surface area contributed by atoms with Crippen LogP contribution in [-0.2, 0) is 0 Å². The van der Waals surface area contributed by atoms with Crippen LogP contribution >= 0.6 is 9.39 Å². The Hall–Kier alpha value is 0.310. The molecule has 0 aromatic rings. The van der Waals surface area contributed by atoms with Gasteiger partial charge in [0.15, 0.2) is 0 Å². The highest BCUT2D eigenvalue weighted by molar-refractivity contribution is 7.13. The summed E-state index contributed by atoms with van der Waals surface area (Å²) >= 11 is 0. The molecular formula is C4H11N2OP. The van der Waals surface area contributed by atoms with Crippen molar-refractivity contribution in [3.8, 4) is 0 Å². The molecule has 1 aliphatic heterocycles. The molecule has 0 radical (unpaired) electrons. The molecule has 1 saturated heterocycles. The minimum Gasteiger partial charge on any atom is -0.386 e. The van der Waals surface area contributed by atoms with E-state index in [1.54, 1.807) is 0 Å². The van der Waals surface area contributed by atoms with E-state index in [0.29, 0.717) is 19.6 Å². The minimum absolute atomic E-state index is 0.373. The molecule has 0 bridgehead atoms. The van der Waals surface area contributed by atoms with E-state index in [4.69, 9.17) is 5.73 Å². The molecule has 1 heterocycles. The van der Waals surface area contributed by atoms with Crippen molar-refractivity contribution < 1.29 is 5.11 Å². The molecule has 0 aromatic carbocycles. The van der Waals surface area contributed by atoms with Gasteiger partial charge in [0, 0.05) is 19.6 Å². The summed E-state index contributed by atoms with van der Waals surface area (Å²) in [6.45, 7) is 1.75. The maximum atomic E-state index is 9.21. The smallest absolute Gasteiger partial charge is 0.103 e. The molecule has 1 fully saturated rings. The van der Waals surface area contributed by atoms with Gasteiger partial charge in [0.1, 0.15) is 5.60 Å². The minimum atomic E-state index is -0.582. The van der Waals surface area contributed by atoms with E-state index < -0.39 is 5.60 Å². The largest absolute Gasteiger partial charge is 0.386 e. The second kappa shape index (κ2) is 1.92. The summed E-state index contributed by atoms with van der Waals surface area (Å²) in [5.41, 5.74) is 4.66. The third-order valence-corrected chi connectivity index (χ3v) is 1.74. The van der Waals surface area contributed by atoms with Crippen LogP contribution < -0.4 is 5.73 Å². The quantitative estimate of drug-likeness (QED) is 0.442. The predicted molar refractivity (Wildman–Crippen MR) is 35.3 cm³/mol. The molecule has 4 heteroatoms. The fourth-order valence-electron chi connectivity index (χ4n) is 0.839. The Balaban J connectivity index is 2.30. The average Bonchev–Trinajstić information content (AvgIpc) is 1.63. The Bertz CT molecular complexity index is 92.0. The molecule has 1 unspecified atom stereocenters. The van der Waals surface area contributed by atoms with Crippen LogP contribution in [0.1, 0.15) is 0 Å². The molecule has 1 aliphatic rings. The lowest BCUT2D eigenvalue weighted by Gasteiger charge is -2.43. The van der Waals surface area contributed by atoms with E-state index >= 15 is 0 Å². The van der Waals surface area contributed by atoms with Gasteiger partial charge >= 0.3 is 0 Å².